The van der Waals surface area contributed by atoms with Gasteiger partial charge >= 0.3 is 0 Å². The summed E-state index contributed by atoms with van der Waals surface area (Å²) in [6, 6.07) is 0. The van der Waals surface area contributed by atoms with Crippen LogP contribution in [0, 0.1) is 11.8 Å². The van der Waals surface area contributed by atoms with Crippen LogP contribution in [0.5, 0.6) is 0 Å². The number of aliphatic hydroxyl groups excluding tert-OH is 1. The number of aliphatic hydroxyl groups is 1. The Bertz CT molecular complexity index is 409. The van der Waals surface area contributed by atoms with Gasteiger partial charge in [-0.1, -0.05) is 25.5 Å². The molecular formula is C15H22O3. The molecule has 0 amide bonds. The number of carbonyl (C=O) groups excluding carboxylic acids is 2. The molecular weight excluding hydrogens is 228 g/mol. The second-order valence-corrected chi connectivity index (χ2v) is 5.62. The third-order valence-corrected chi connectivity index (χ3v) is 3.04. The van der Waals surface area contributed by atoms with E-state index in [1.54, 1.807) is 0 Å². The average Bonchev–Trinajstić information content (AvgIpc) is 2.49. The van der Waals surface area contributed by atoms with Gasteiger partial charge in [0.2, 0.25) is 0 Å². The fourth-order valence-corrected chi connectivity index (χ4v) is 2.11. The predicted molar refractivity (Wildman–Crippen MR) is 71.3 cm³/mol. The number of hydrogen-bond acceptors (Lipinski definition) is 3. The van der Waals surface area contributed by atoms with Crippen molar-refractivity contribution in [3.8, 4) is 0 Å². The highest BCUT2D eigenvalue weighted by Crippen LogP contribution is 2.32. The molecule has 0 aliphatic heterocycles. The number of rotatable bonds is 5. The van der Waals surface area contributed by atoms with Crippen LogP contribution in [0.15, 0.2) is 23.0 Å². The van der Waals surface area contributed by atoms with Gasteiger partial charge in [0, 0.05) is 18.8 Å². The predicted octanol–water partition coefficient (Wildman–Crippen LogP) is 3.36. The zero-order valence-electron chi connectivity index (χ0n) is 11.6. The minimum Gasteiger partial charge on any atom is -0.511 e. The van der Waals surface area contributed by atoms with Gasteiger partial charge in [0.25, 0.3) is 0 Å². The Morgan fingerprint density at radius 2 is 2.06 bits per heavy atom. The Morgan fingerprint density at radius 3 is 2.56 bits per heavy atom. The molecule has 0 aromatic heterocycles. The maximum Gasteiger partial charge on any atom is 0.170 e. The molecule has 0 heterocycles. The Hall–Kier alpha value is -1.38. The molecule has 3 heteroatoms. The maximum atomic E-state index is 11.9. The van der Waals surface area contributed by atoms with Crippen molar-refractivity contribution in [3.63, 3.8) is 0 Å². The average molecular weight is 250 g/mol. The number of allylic oxidation sites excluding steroid dienone is 4. The fourth-order valence-electron chi connectivity index (χ4n) is 2.11. The Balaban J connectivity index is 2.85. The topological polar surface area (TPSA) is 54.4 Å². The van der Waals surface area contributed by atoms with Gasteiger partial charge in [-0.25, -0.2) is 0 Å². The molecule has 18 heavy (non-hydrogen) atoms. The molecule has 0 aromatic rings. The van der Waals surface area contributed by atoms with E-state index in [4.69, 9.17) is 0 Å². The largest absolute Gasteiger partial charge is 0.511 e. The van der Waals surface area contributed by atoms with E-state index >= 15 is 0 Å². The van der Waals surface area contributed by atoms with Crippen LogP contribution in [0.3, 0.4) is 0 Å². The summed E-state index contributed by atoms with van der Waals surface area (Å²) in [5.74, 6) is -0.429. The number of Topliss-reactive ketones (excluding diaryl/α,β-unsaturated/α-hetero) is 2. The molecule has 0 spiro atoms. The summed E-state index contributed by atoms with van der Waals surface area (Å²) in [5.41, 5.74) is 1.20. The lowest BCUT2D eigenvalue weighted by atomic mass is 10.00. The molecule has 1 rings (SSSR count). The minimum absolute atomic E-state index is 0.00292. The minimum atomic E-state index is -0.216. The molecule has 3 nitrogen and oxygen atoms in total. The normalized spacial score (nSPS) is 19.6. The molecule has 0 aromatic carbocycles. The summed E-state index contributed by atoms with van der Waals surface area (Å²) in [6.45, 7) is 7.80. The second kappa shape index (κ2) is 5.98. The number of carbonyl (C=O) groups is 2. The van der Waals surface area contributed by atoms with Crippen molar-refractivity contribution in [2.45, 2.75) is 47.0 Å². The summed E-state index contributed by atoms with van der Waals surface area (Å²) in [5, 5.41) is 10.0. The van der Waals surface area contributed by atoms with Gasteiger partial charge in [-0.05, 0) is 26.2 Å². The SMILES string of the molecule is CC(C)=CC[C@H]1CC(=O)C(C(=O)CC(C)C)=C1O. The van der Waals surface area contributed by atoms with Crippen LogP contribution in [0.1, 0.15) is 47.0 Å². The van der Waals surface area contributed by atoms with Crippen molar-refractivity contribution < 1.29 is 14.7 Å². The molecule has 0 saturated heterocycles. The third-order valence-electron chi connectivity index (χ3n) is 3.04. The summed E-state index contributed by atoms with van der Waals surface area (Å²) < 4.78 is 0. The van der Waals surface area contributed by atoms with E-state index in [1.807, 2.05) is 33.8 Å². The first-order valence-corrected chi connectivity index (χ1v) is 6.45. The summed E-state index contributed by atoms with van der Waals surface area (Å²) >= 11 is 0. The van der Waals surface area contributed by atoms with Gasteiger partial charge in [-0.15, -0.1) is 0 Å². The molecule has 0 radical (unpaired) electrons. The summed E-state index contributed by atoms with van der Waals surface area (Å²) in [7, 11) is 0. The number of hydrogen-bond donors (Lipinski definition) is 1. The zero-order valence-corrected chi connectivity index (χ0v) is 11.6. The van der Waals surface area contributed by atoms with Crippen LogP contribution >= 0.6 is 0 Å². The van der Waals surface area contributed by atoms with Gasteiger partial charge < -0.3 is 5.11 Å². The molecule has 1 atom stereocenters. The van der Waals surface area contributed by atoms with E-state index in [0.29, 0.717) is 12.8 Å². The second-order valence-electron chi connectivity index (χ2n) is 5.62. The first-order chi connectivity index (χ1) is 8.32. The molecule has 0 fully saturated rings. The van der Waals surface area contributed by atoms with Crippen LogP contribution < -0.4 is 0 Å². The smallest absolute Gasteiger partial charge is 0.170 e. The van der Waals surface area contributed by atoms with Crippen molar-refractivity contribution in [2.75, 3.05) is 0 Å². The van der Waals surface area contributed by atoms with E-state index in [0.717, 1.165) is 5.57 Å². The summed E-state index contributed by atoms with van der Waals surface area (Å²) in [4.78, 5) is 23.7. The van der Waals surface area contributed by atoms with Crippen molar-refractivity contribution in [1.29, 1.82) is 0 Å². The van der Waals surface area contributed by atoms with Crippen molar-refractivity contribution in [1.82, 2.24) is 0 Å². The Morgan fingerprint density at radius 1 is 1.44 bits per heavy atom. The van der Waals surface area contributed by atoms with E-state index in [1.165, 1.54) is 0 Å². The molecule has 1 N–H and O–H groups in total. The van der Waals surface area contributed by atoms with Crippen molar-refractivity contribution in [3.05, 3.63) is 23.0 Å². The van der Waals surface area contributed by atoms with E-state index < -0.39 is 0 Å². The first kappa shape index (κ1) is 14.7. The van der Waals surface area contributed by atoms with Crippen LogP contribution in [-0.4, -0.2) is 16.7 Å². The number of ketones is 2. The van der Waals surface area contributed by atoms with E-state index in [9.17, 15) is 14.7 Å². The van der Waals surface area contributed by atoms with Gasteiger partial charge in [-0.3, -0.25) is 9.59 Å². The molecule has 100 valence electrons. The summed E-state index contributed by atoms with van der Waals surface area (Å²) in [6.07, 6.45) is 3.19. The molecule has 0 unspecified atom stereocenters. The van der Waals surface area contributed by atoms with Crippen LogP contribution in [-0.2, 0) is 9.59 Å². The highest BCUT2D eigenvalue weighted by molar-refractivity contribution is 6.22. The van der Waals surface area contributed by atoms with Gasteiger partial charge in [0.15, 0.2) is 11.6 Å². The van der Waals surface area contributed by atoms with Gasteiger partial charge in [0.1, 0.15) is 5.76 Å². The molecule has 0 saturated carbocycles. The van der Waals surface area contributed by atoms with E-state index in [2.05, 4.69) is 0 Å². The third kappa shape index (κ3) is 3.56. The Labute approximate surface area is 109 Å². The Kier molecular flexibility index (Phi) is 4.88. The van der Waals surface area contributed by atoms with Crippen LogP contribution in [0.25, 0.3) is 0 Å². The van der Waals surface area contributed by atoms with Crippen LogP contribution in [0.2, 0.25) is 0 Å². The van der Waals surface area contributed by atoms with Crippen molar-refractivity contribution in [2.24, 2.45) is 11.8 Å². The maximum absolute atomic E-state index is 11.9. The lowest BCUT2D eigenvalue weighted by Gasteiger charge is -2.07. The van der Waals surface area contributed by atoms with E-state index in [-0.39, 0.29) is 41.2 Å². The van der Waals surface area contributed by atoms with Crippen molar-refractivity contribution >= 4 is 11.6 Å². The quantitative estimate of drug-likeness (QED) is 0.601. The molecule has 1 aliphatic rings. The van der Waals surface area contributed by atoms with Crippen LogP contribution in [0.4, 0.5) is 0 Å². The lowest BCUT2D eigenvalue weighted by molar-refractivity contribution is -0.121. The monoisotopic (exact) mass is 250 g/mol. The first-order valence-electron chi connectivity index (χ1n) is 6.45. The highest BCUT2D eigenvalue weighted by atomic mass is 16.3. The fraction of sp³-hybridized carbons (Fsp3) is 0.600. The zero-order chi connectivity index (χ0) is 13.9. The van der Waals surface area contributed by atoms with Gasteiger partial charge in [0.05, 0.1) is 5.57 Å². The molecule has 1 aliphatic carbocycles. The molecule has 0 bridgehead atoms. The highest BCUT2D eigenvalue weighted by Gasteiger charge is 2.35. The standard InChI is InChI=1S/C15H22O3/c1-9(2)5-6-11-8-13(17)14(15(11)18)12(16)7-10(3)4/h5,10-11,18H,6-8H2,1-4H3/t11-/m0/s1. The lowest BCUT2D eigenvalue weighted by Crippen LogP contribution is -2.12. The van der Waals surface area contributed by atoms with Gasteiger partial charge in [-0.2, -0.15) is 0 Å².